The fourth-order valence-electron chi connectivity index (χ4n) is 5.36. The largest absolute Gasteiger partial charge is 0.496 e. The molecule has 1 N–H and O–H groups in total. The molecule has 3 aromatic carbocycles. The smallest absolute Gasteiger partial charge is 0.338 e. The zero-order valence-corrected chi connectivity index (χ0v) is 25.4. The van der Waals surface area contributed by atoms with Crippen LogP contribution < -0.4 is 19.6 Å². The average molecular weight is 629 g/mol. The number of allylic oxidation sites excluding steroid dienone is 1. The van der Waals surface area contributed by atoms with Gasteiger partial charge in [-0.3, -0.25) is 9.36 Å². The molecule has 0 amide bonds. The van der Waals surface area contributed by atoms with Crippen molar-refractivity contribution in [3.8, 4) is 17.1 Å². The summed E-state index contributed by atoms with van der Waals surface area (Å²) in [6.45, 7) is 3.60. The molecule has 0 aliphatic carbocycles. The highest BCUT2D eigenvalue weighted by molar-refractivity contribution is 7.07. The number of benzene rings is 3. The van der Waals surface area contributed by atoms with Gasteiger partial charge in [-0.2, -0.15) is 0 Å². The summed E-state index contributed by atoms with van der Waals surface area (Å²) in [5, 5.41) is 11.3. The Balaban J connectivity index is 1.54. The van der Waals surface area contributed by atoms with E-state index < -0.39 is 18.0 Å². The molecule has 11 heteroatoms. The van der Waals surface area contributed by atoms with Gasteiger partial charge >= 0.3 is 11.9 Å². The van der Waals surface area contributed by atoms with Crippen LogP contribution in [0.15, 0.2) is 92.2 Å². The number of furan rings is 1. The van der Waals surface area contributed by atoms with Gasteiger partial charge in [0.05, 0.1) is 40.1 Å². The number of carbonyl (C=O) groups excluding carboxylic acids is 1. The topological polar surface area (TPSA) is 120 Å². The molecule has 1 aliphatic heterocycles. The highest BCUT2D eigenvalue weighted by Gasteiger charge is 2.36. The van der Waals surface area contributed by atoms with Gasteiger partial charge in [0.1, 0.15) is 23.3 Å². The average Bonchev–Trinajstić information content (AvgIpc) is 3.60. The molecule has 0 bridgehead atoms. The summed E-state index contributed by atoms with van der Waals surface area (Å²) >= 11 is 7.18. The Morgan fingerprint density at radius 1 is 1.14 bits per heavy atom. The lowest BCUT2D eigenvalue weighted by atomic mass is 9.90. The molecule has 5 aromatic rings. The number of hydrogen-bond acceptors (Lipinski definition) is 8. The van der Waals surface area contributed by atoms with E-state index in [4.69, 9.17) is 25.5 Å². The molecule has 44 heavy (non-hydrogen) atoms. The first-order valence-corrected chi connectivity index (χ1v) is 14.8. The van der Waals surface area contributed by atoms with Gasteiger partial charge in [0.2, 0.25) is 0 Å². The Hall–Kier alpha value is -4.93. The van der Waals surface area contributed by atoms with Crippen LogP contribution in [0.5, 0.6) is 5.75 Å². The Morgan fingerprint density at radius 3 is 2.68 bits per heavy atom. The fraction of sp³-hybridized carbons (Fsp3) is 0.152. The number of ether oxygens (including phenoxy) is 2. The number of aromatic nitrogens is 1. The predicted molar refractivity (Wildman–Crippen MR) is 167 cm³/mol. The van der Waals surface area contributed by atoms with E-state index in [0.29, 0.717) is 43.4 Å². The fourth-order valence-corrected chi connectivity index (χ4v) is 6.58. The first kappa shape index (κ1) is 29.2. The highest BCUT2D eigenvalue weighted by atomic mass is 35.5. The SMILES string of the molecule is CCOC(=O)C1=C(C)N=c2s/c(=C\c3ccc(-c4ccc(Cl)c(C(=O)O)c4)o3)c(=O)n2C1c1c(OC)ccc2ccccc12. The van der Waals surface area contributed by atoms with E-state index in [2.05, 4.69) is 4.99 Å². The molecule has 0 saturated heterocycles. The van der Waals surface area contributed by atoms with Gasteiger partial charge in [0.25, 0.3) is 5.56 Å². The molecule has 1 atom stereocenters. The van der Waals surface area contributed by atoms with E-state index in [-0.39, 0.29) is 28.3 Å². The number of methoxy groups -OCH3 is 1. The third-order valence-corrected chi connectivity index (χ3v) is 8.64. The van der Waals surface area contributed by atoms with Gasteiger partial charge in [-0.15, -0.1) is 0 Å². The second kappa shape index (κ2) is 11.6. The van der Waals surface area contributed by atoms with Crippen molar-refractivity contribution in [2.45, 2.75) is 19.9 Å². The number of carboxylic acids is 1. The maximum absolute atomic E-state index is 14.1. The number of thiazole rings is 1. The Labute approximate surface area is 259 Å². The van der Waals surface area contributed by atoms with Crippen molar-refractivity contribution in [1.29, 1.82) is 0 Å². The molecule has 2 aromatic heterocycles. The Morgan fingerprint density at radius 2 is 1.93 bits per heavy atom. The third-order valence-electron chi connectivity index (χ3n) is 7.32. The highest BCUT2D eigenvalue weighted by Crippen LogP contribution is 2.40. The number of fused-ring (bicyclic) bond motifs is 2. The number of halogens is 1. The van der Waals surface area contributed by atoms with Crippen LogP contribution >= 0.6 is 22.9 Å². The summed E-state index contributed by atoms with van der Waals surface area (Å²) in [4.78, 5) is 44.2. The lowest BCUT2D eigenvalue weighted by molar-refractivity contribution is -0.139. The molecule has 222 valence electrons. The minimum Gasteiger partial charge on any atom is -0.496 e. The van der Waals surface area contributed by atoms with Gasteiger partial charge in [-0.05, 0) is 61.0 Å². The van der Waals surface area contributed by atoms with Crippen LogP contribution in [0.4, 0.5) is 0 Å². The van der Waals surface area contributed by atoms with E-state index in [1.165, 1.54) is 16.7 Å². The monoisotopic (exact) mass is 628 g/mol. The quantitative estimate of drug-likeness (QED) is 0.234. The second-order valence-electron chi connectivity index (χ2n) is 9.91. The molecule has 0 saturated carbocycles. The van der Waals surface area contributed by atoms with Crippen LogP contribution in [0.3, 0.4) is 0 Å². The molecule has 0 radical (unpaired) electrons. The van der Waals surface area contributed by atoms with Crippen LogP contribution in [0.1, 0.15) is 41.6 Å². The molecule has 0 spiro atoms. The predicted octanol–water partition coefficient (Wildman–Crippen LogP) is 5.57. The van der Waals surface area contributed by atoms with Gasteiger partial charge in [0.15, 0.2) is 4.80 Å². The van der Waals surface area contributed by atoms with E-state index in [9.17, 15) is 19.5 Å². The maximum Gasteiger partial charge on any atom is 0.338 e. The Kier molecular flexibility index (Phi) is 7.71. The van der Waals surface area contributed by atoms with Gasteiger partial charge < -0.3 is 19.0 Å². The molecule has 1 unspecified atom stereocenters. The van der Waals surface area contributed by atoms with Crippen molar-refractivity contribution in [3.05, 3.63) is 120 Å². The summed E-state index contributed by atoms with van der Waals surface area (Å²) < 4.78 is 19.0. The second-order valence-corrected chi connectivity index (χ2v) is 11.3. The molecular weight excluding hydrogens is 604 g/mol. The molecule has 9 nitrogen and oxygen atoms in total. The molecular formula is C33H25ClN2O7S. The van der Waals surface area contributed by atoms with Crippen LogP contribution in [0, 0.1) is 0 Å². The van der Waals surface area contributed by atoms with E-state index in [1.807, 2.05) is 36.4 Å². The van der Waals surface area contributed by atoms with E-state index >= 15 is 0 Å². The van der Waals surface area contributed by atoms with Crippen LogP contribution in [0.2, 0.25) is 5.02 Å². The number of esters is 1. The van der Waals surface area contributed by atoms with Crippen molar-refractivity contribution >= 4 is 51.7 Å². The van der Waals surface area contributed by atoms with Gasteiger partial charge in [0, 0.05) is 17.2 Å². The van der Waals surface area contributed by atoms with Crippen LogP contribution in [0.25, 0.3) is 28.2 Å². The molecule has 0 fully saturated rings. The number of hydrogen-bond donors (Lipinski definition) is 1. The number of carboxylic acid groups (broad SMARTS) is 1. The number of nitrogens with zero attached hydrogens (tertiary/aromatic N) is 2. The Bertz CT molecular complexity index is 2190. The summed E-state index contributed by atoms with van der Waals surface area (Å²) in [5.41, 5.74) is 1.43. The molecule has 3 heterocycles. The minimum absolute atomic E-state index is 0.0490. The lowest BCUT2D eigenvalue weighted by Gasteiger charge is -2.27. The van der Waals surface area contributed by atoms with Crippen molar-refractivity contribution in [3.63, 3.8) is 0 Å². The maximum atomic E-state index is 14.1. The van der Waals surface area contributed by atoms with Gasteiger partial charge in [-0.25, -0.2) is 14.6 Å². The molecule has 1 aliphatic rings. The minimum atomic E-state index is -1.15. The summed E-state index contributed by atoms with van der Waals surface area (Å²) in [5.74, 6) is -0.430. The van der Waals surface area contributed by atoms with Crippen molar-refractivity contribution < 1.29 is 28.6 Å². The van der Waals surface area contributed by atoms with Gasteiger partial charge in [-0.1, -0.05) is 53.3 Å². The number of rotatable bonds is 7. The van der Waals surface area contributed by atoms with Crippen LogP contribution in [-0.4, -0.2) is 35.3 Å². The van der Waals surface area contributed by atoms with E-state index in [0.717, 1.165) is 22.1 Å². The van der Waals surface area contributed by atoms with Crippen LogP contribution in [-0.2, 0) is 9.53 Å². The first-order valence-electron chi connectivity index (χ1n) is 13.6. The summed E-state index contributed by atoms with van der Waals surface area (Å²) in [7, 11) is 1.55. The summed E-state index contributed by atoms with van der Waals surface area (Å²) in [6, 6.07) is 18.5. The number of carbonyl (C=O) groups is 2. The zero-order valence-electron chi connectivity index (χ0n) is 23.8. The van der Waals surface area contributed by atoms with Crippen molar-refractivity contribution in [2.75, 3.05) is 13.7 Å². The summed E-state index contributed by atoms with van der Waals surface area (Å²) in [6.07, 6.45) is 1.60. The molecule has 6 rings (SSSR count). The number of aromatic carboxylic acids is 1. The standard InChI is InChI=1S/C33H25ClN2O7S/c1-4-42-32(40)27-17(2)35-33-36(29(27)28-21-8-6-5-7-18(21)10-13-25(28)41-3)30(37)26(44-33)16-20-11-14-24(43-20)19-9-12-23(34)22(15-19)31(38)39/h5-16,29H,4H2,1-3H3,(H,38,39)/b26-16-. The van der Waals surface area contributed by atoms with E-state index in [1.54, 1.807) is 45.2 Å². The zero-order chi connectivity index (χ0) is 31.1. The third kappa shape index (κ3) is 5.01. The normalized spacial score (nSPS) is 14.8. The first-order chi connectivity index (χ1) is 21.2. The van der Waals surface area contributed by atoms with Crippen molar-refractivity contribution in [2.24, 2.45) is 4.99 Å². The lowest BCUT2D eigenvalue weighted by Crippen LogP contribution is -2.40. The van der Waals surface area contributed by atoms with Crippen molar-refractivity contribution in [1.82, 2.24) is 4.57 Å².